The van der Waals surface area contributed by atoms with Gasteiger partial charge in [0.15, 0.2) is 0 Å². The predicted octanol–water partition coefficient (Wildman–Crippen LogP) is -0.0766. The number of hydrogen-bond acceptors (Lipinski definition) is 4. The first-order valence-corrected chi connectivity index (χ1v) is 3.49. The van der Waals surface area contributed by atoms with Gasteiger partial charge in [0.2, 0.25) is 0 Å². The van der Waals surface area contributed by atoms with Crippen LogP contribution in [0.5, 0.6) is 0 Å². The first-order valence-electron chi connectivity index (χ1n) is 3.49. The summed E-state index contributed by atoms with van der Waals surface area (Å²) < 4.78 is 4.20. The van der Waals surface area contributed by atoms with Gasteiger partial charge in [-0.05, 0) is 13.8 Å². The first-order chi connectivity index (χ1) is 5.94. The molecule has 0 radical (unpaired) electrons. The maximum Gasteiger partial charge on any atom is 0.425 e. The summed E-state index contributed by atoms with van der Waals surface area (Å²) >= 11 is 0. The van der Waals surface area contributed by atoms with Gasteiger partial charge in [0.05, 0.1) is 13.2 Å². The Bertz CT molecular complexity index is 254. The Balaban J connectivity index is 4.04. The number of ether oxygens (including phenoxy) is 1. The van der Waals surface area contributed by atoms with Crippen molar-refractivity contribution in [2.45, 2.75) is 13.8 Å². The Morgan fingerprint density at radius 3 is 2.31 bits per heavy atom. The zero-order chi connectivity index (χ0) is 10.5. The third kappa shape index (κ3) is 3.42. The average Bonchev–Trinajstić information content (AvgIpc) is 2.13. The third-order valence-electron chi connectivity index (χ3n) is 1.31. The summed E-state index contributed by atoms with van der Waals surface area (Å²) in [5, 5.41) is 8.53. The smallest absolute Gasteiger partial charge is 0.425 e. The molecule has 2 amide bonds. The Morgan fingerprint density at radius 1 is 1.38 bits per heavy atom. The van der Waals surface area contributed by atoms with Crippen molar-refractivity contribution in [3.05, 3.63) is 0 Å². The lowest BCUT2D eigenvalue weighted by atomic mass is 9.95. The van der Waals surface area contributed by atoms with Crippen molar-refractivity contribution in [3.8, 4) is 6.07 Å². The summed E-state index contributed by atoms with van der Waals surface area (Å²) in [4.78, 5) is 21.6. The molecule has 0 aromatic heterocycles. The molecule has 0 unspecified atom stereocenters. The van der Waals surface area contributed by atoms with Crippen LogP contribution in [0.15, 0.2) is 0 Å². The maximum atomic E-state index is 11.1. The van der Waals surface area contributed by atoms with Crippen molar-refractivity contribution in [2.75, 3.05) is 7.11 Å². The molecule has 6 nitrogen and oxygen atoms in total. The lowest BCUT2D eigenvalue weighted by molar-refractivity contribution is -0.127. The molecule has 0 aliphatic heterocycles. The molecule has 72 valence electrons. The second-order valence-electron chi connectivity index (χ2n) is 2.81. The van der Waals surface area contributed by atoms with Crippen molar-refractivity contribution in [1.29, 1.82) is 5.26 Å². The number of nitriles is 1. The van der Waals surface area contributed by atoms with Crippen LogP contribution in [0, 0.1) is 16.7 Å². The van der Waals surface area contributed by atoms with E-state index in [1.54, 1.807) is 6.07 Å². The van der Waals surface area contributed by atoms with Gasteiger partial charge in [0, 0.05) is 0 Å². The summed E-state index contributed by atoms with van der Waals surface area (Å²) in [5.74, 6) is -0.597. The lowest BCUT2D eigenvalue weighted by Crippen LogP contribution is -2.47. The van der Waals surface area contributed by atoms with Crippen LogP contribution in [0.25, 0.3) is 0 Å². The van der Waals surface area contributed by atoms with E-state index >= 15 is 0 Å². The van der Waals surface area contributed by atoms with Gasteiger partial charge in [-0.15, -0.1) is 0 Å². The molecule has 2 N–H and O–H groups in total. The SMILES string of the molecule is COC(=O)NNC(=O)C(C)(C)C#N. The molecule has 0 rings (SSSR count). The molecule has 6 heteroatoms. The van der Waals surface area contributed by atoms with Crippen molar-refractivity contribution >= 4 is 12.0 Å². The Kier molecular flexibility index (Phi) is 3.72. The van der Waals surface area contributed by atoms with Gasteiger partial charge in [0.25, 0.3) is 5.91 Å². The fourth-order valence-corrected chi connectivity index (χ4v) is 0.366. The van der Waals surface area contributed by atoms with Crippen LogP contribution in [0.2, 0.25) is 0 Å². The molecule has 0 atom stereocenters. The largest absolute Gasteiger partial charge is 0.452 e. The minimum atomic E-state index is -1.18. The highest BCUT2D eigenvalue weighted by atomic mass is 16.5. The summed E-state index contributed by atoms with van der Waals surface area (Å²) in [6.07, 6.45) is -0.790. The van der Waals surface area contributed by atoms with Gasteiger partial charge in [-0.1, -0.05) is 0 Å². The van der Waals surface area contributed by atoms with Gasteiger partial charge < -0.3 is 4.74 Å². The summed E-state index contributed by atoms with van der Waals surface area (Å²) in [5.41, 5.74) is 2.82. The first kappa shape index (κ1) is 11.2. The molecule has 0 aromatic carbocycles. The monoisotopic (exact) mass is 185 g/mol. The number of carbonyl (C=O) groups excluding carboxylic acids is 2. The van der Waals surface area contributed by atoms with Crippen LogP contribution in [0.4, 0.5) is 4.79 Å². The van der Waals surface area contributed by atoms with E-state index in [4.69, 9.17) is 5.26 Å². The molecule has 0 saturated heterocycles. The third-order valence-corrected chi connectivity index (χ3v) is 1.31. The van der Waals surface area contributed by atoms with Crippen LogP contribution in [-0.2, 0) is 9.53 Å². The Hall–Kier alpha value is -1.77. The Labute approximate surface area is 75.8 Å². The molecule has 0 heterocycles. The van der Waals surface area contributed by atoms with Crippen LogP contribution in [0.1, 0.15) is 13.8 Å². The molecule has 0 saturated carbocycles. The average molecular weight is 185 g/mol. The lowest BCUT2D eigenvalue weighted by Gasteiger charge is -2.14. The molecule has 0 aromatic rings. The van der Waals surface area contributed by atoms with E-state index < -0.39 is 17.4 Å². The van der Waals surface area contributed by atoms with Gasteiger partial charge in [-0.25, -0.2) is 10.2 Å². The van der Waals surface area contributed by atoms with Crippen LogP contribution in [0.3, 0.4) is 0 Å². The van der Waals surface area contributed by atoms with Crippen LogP contribution < -0.4 is 10.9 Å². The molecule has 0 aliphatic carbocycles. The van der Waals surface area contributed by atoms with Crippen LogP contribution >= 0.6 is 0 Å². The number of nitrogens with one attached hydrogen (secondary N) is 2. The second-order valence-corrected chi connectivity index (χ2v) is 2.81. The number of rotatable bonds is 1. The number of methoxy groups -OCH3 is 1. The van der Waals surface area contributed by atoms with Crippen LogP contribution in [-0.4, -0.2) is 19.1 Å². The highest BCUT2D eigenvalue weighted by Crippen LogP contribution is 2.11. The molecule has 0 bridgehead atoms. The summed E-state index contributed by atoms with van der Waals surface area (Å²) in [6, 6.07) is 1.78. The number of nitrogens with zero attached hydrogens (tertiary/aromatic N) is 1. The fraction of sp³-hybridized carbons (Fsp3) is 0.571. The van der Waals surface area contributed by atoms with Crippen molar-refractivity contribution in [3.63, 3.8) is 0 Å². The zero-order valence-electron chi connectivity index (χ0n) is 7.67. The van der Waals surface area contributed by atoms with E-state index in [0.29, 0.717) is 0 Å². The maximum absolute atomic E-state index is 11.1. The topological polar surface area (TPSA) is 91.2 Å². The number of hydrazine groups is 1. The summed E-state index contributed by atoms with van der Waals surface area (Å²) in [7, 11) is 1.16. The number of amides is 2. The van der Waals surface area contributed by atoms with E-state index in [0.717, 1.165) is 7.11 Å². The van der Waals surface area contributed by atoms with Gasteiger partial charge in [-0.3, -0.25) is 10.2 Å². The number of carbonyl (C=O) groups is 2. The minimum Gasteiger partial charge on any atom is -0.452 e. The van der Waals surface area contributed by atoms with Gasteiger partial charge >= 0.3 is 6.09 Å². The van der Waals surface area contributed by atoms with Crippen molar-refractivity contribution in [2.24, 2.45) is 5.41 Å². The molecule has 0 fully saturated rings. The van der Waals surface area contributed by atoms with E-state index in [-0.39, 0.29) is 0 Å². The van der Waals surface area contributed by atoms with E-state index in [2.05, 4.69) is 4.74 Å². The molecule has 0 spiro atoms. The normalized spacial score (nSPS) is 9.69. The van der Waals surface area contributed by atoms with E-state index in [1.165, 1.54) is 13.8 Å². The predicted molar refractivity (Wildman–Crippen MR) is 43.1 cm³/mol. The minimum absolute atomic E-state index is 0.597. The number of hydrogen-bond donors (Lipinski definition) is 2. The molecule has 13 heavy (non-hydrogen) atoms. The highest BCUT2D eigenvalue weighted by molar-refractivity contribution is 5.85. The van der Waals surface area contributed by atoms with Gasteiger partial charge in [-0.2, -0.15) is 5.26 Å². The quantitative estimate of drug-likeness (QED) is 0.559. The summed E-state index contributed by atoms with van der Waals surface area (Å²) in [6.45, 7) is 2.86. The van der Waals surface area contributed by atoms with E-state index in [1.807, 2.05) is 10.9 Å². The van der Waals surface area contributed by atoms with Crippen molar-refractivity contribution in [1.82, 2.24) is 10.9 Å². The Morgan fingerprint density at radius 2 is 1.92 bits per heavy atom. The molecular weight excluding hydrogens is 174 g/mol. The highest BCUT2D eigenvalue weighted by Gasteiger charge is 2.27. The second kappa shape index (κ2) is 4.30. The molecule has 0 aliphatic rings. The standard InChI is InChI=1S/C7H11N3O3/c1-7(2,4-8)5(11)9-10-6(12)13-3/h1-3H3,(H,9,11)(H,10,12). The fourth-order valence-electron chi connectivity index (χ4n) is 0.366. The van der Waals surface area contributed by atoms with E-state index in [9.17, 15) is 9.59 Å². The molecular formula is C7H11N3O3. The van der Waals surface area contributed by atoms with Crippen molar-refractivity contribution < 1.29 is 14.3 Å². The zero-order valence-corrected chi connectivity index (χ0v) is 7.67. The van der Waals surface area contributed by atoms with Gasteiger partial charge in [0.1, 0.15) is 5.41 Å².